The highest BCUT2D eigenvalue weighted by Gasteiger charge is 2.01. The van der Waals surface area contributed by atoms with E-state index in [1.54, 1.807) is 0 Å². The summed E-state index contributed by atoms with van der Waals surface area (Å²) in [7, 11) is 0. The average Bonchev–Trinajstić information content (AvgIpc) is 1.63. The molecule has 0 atom stereocenters. The first-order valence-electron chi connectivity index (χ1n) is 1.60. The Kier molecular flexibility index (Phi) is 6.31. The standard InChI is InChI=1S/C2H2O7.H2O/c3-1(4)7-9-8-2(5)6;/h(H,3,4)(H,5,6);1H2. The van der Waals surface area contributed by atoms with Crippen LogP contribution >= 0.6 is 0 Å². The maximum absolute atomic E-state index is 9.36. The van der Waals surface area contributed by atoms with Gasteiger partial charge in [-0.1, -0.05) is 0 Å². The molecule has 0 saturated heterocycles. The summed E-state index contributed by atoms with van der Waals surface area (Å²) in [4.78, 5) is 25.1. The SMILES string of the molecule is O.O=C(O)OOOC(=O)O. The molecule has 0 aliphatic rings. The van der Waals surface area contributed by atoms with Gasteiger partial charge in [-0.3, -0.25) is 0 Å². The van der Waals surface area contributed by atoms with Crippen molar-refractivity contribution in [2.45, 2.75) is 0 Å². The van der Waals surface area contributed by atoms with Crippen molar-refractivity contribution in [3.63, 3.8) is 0 Å². The Morgan fingerprint density at radius 3 is 1.50 bits per heavy atom. The van der Waals surface area contributed by atoms with E-state index in [2.05, 4.69) is 14.8 Å². The predicted molar refractivity (Wildman–Crippen MR) is 22.9 cm³/mol. The van der Waals surface area contributed by atoms with Crippen molar-refractivity contribution in [2.24, 2.45) is 0 Å². The van der Waals surface area contributed by atoms with E-state index in [9.17, 15) is 9.59 Å². The zero-order chi connectivity index (χ0) is 7.28. The highest BCUT2D eigenvalue weighted by atomic mass is 17.5. The van der Waals surface area contributed by atoms with Crippen LogP contribution in [0.4, 0.5) is 9.59 Å². The third kappa shape index (κ3) is 9.68. The zero-order valence-electron chi connectivity index (χ0n) is 4.44. The molecule has 4 N–H and O–H groups in total. The predicted octanol–water partition coefficient (Wildman–Crippen LogP) is -0.603. The first kappa shape index (κ1) is 11.3. The maximum Gasteiger partial charge on any atom is 0.540 e. The van der Waals surface area contributed by atoms with Gasteiger partial charge in [0.05, 0.1) is 5.04 Å². The van der Waals surface area contributed by atoms with Gasteiger partial charge in [0.15, 0.2) is 0 Å². The molecule has 10 heavy (non-hydrogen) atoms. The summed E-state index contributed by atoms with van der Waals surface area (Å²) < 4.78 is 0. The number of rotatable bonds is 2. The number of hydrogen-bond donors (Lipinski definition) is 2. The molecule has 8 heteroatoms. The molecule has 0 aromatic rings. The molecule has 0 amide bonds. The van der Waals surface area contributed by atoms with Crippen LogP contribution in [0.3, 0.4) is 0 Å². The van der Waals surface area contributed by atoms with Crippen LogP contribution in [0.25, 0.3) is 0 Å². The van der Waals surface area contributed by atoms with Crippen molar-refractivity contribution in [1.29, 1.82) is 0 Å². The van der Waals surface area contributed by atoms with Crippen molar-refractivity contribution in [3.05, 3.63) is 0 Å². The molecule has 0 fully saturated rings. The molecule has 0 aliphatic carbocycles. The fraction of sp³-hybridized carbons (Fsp3) is 0. The van der Waals surface area contributed by atoms with E-state index in [1.165, 1.54) is 0 Å². The first-order chi connectivity index (χ1) is 4.13. The molecular weight excluding hydrogens is 152 g/mol. The van der Waals surface area contributed by atoms with Crippen molar-refractivity contribution < 1.29 is 40.1 Å². The average molecular weight is 156 g/mol. The summed E-state index contributed by atoms with van der Waals surface area (Å²) >= 11 is 0. The summed E-state index contributed by atoms with van der Waals surface area (Å²) in [5.41, 5.74) is 0. The van der Waals surface area contributed by atoms with Crippen LogP contribution in [0.5, 0.6) is 0 Å². The topological polar surface area (TPSA) is 134 Å². The van der Waals surface area contributed by atoms with Gasteiger partial charge in [-0.05, 0) is 0 Å². The Morgan fingerprint density at radius 2 is 1.30 bits per heavy atom. The fourth-order valence-electron chi connectivity index (χ4n) is 0.0752. The van der Waals surface area contributed by atoms with Crippen LogP contribution in [0, 0.1) is 0 Å². The van der Waals surface area contributed by atoms with Crippen LogP contribution in [-0.2, 0) is 14.8 Å². The third-order valence-corrected chi connectivity index (χ3v) is 0.211. The quantitative estimate of drug-likeness (QED) is 0.402. The summed E-state index contributed by atoms with van der Waals surface area (Å²) in [5, 5.41) is 18.4. The molecule has 8 nitrogen and oxygen atoms in total. The lowest BCUT2D eigenvalue weighted by Crippen LogP contribution is -2.06. The van der Waals surface area contributed by atoms with Gasteiger partial charge in [0.2, 0.25) is 0 Å². The molecule has 0 aromatic heterocycles. The van der Waals surface area contributed by atoms with E-state index < -0.39 is 12.3 Å². The third-order valence-electron chi connectivity index (χ3n) is 0.211. The minimum atomic E-state index is -1.80. The van der Waals surface area contributed by atoms with Gasteiger partial charge in [0.25, 0.3) is 0 Å². The maximum atomic E-state index is 9.36. The van der Waals surface area contributed by atoms with E-state index in [1.807, 2.05) is 0 Å². The molecule has 0 radical (unpaired) electrons. The first-order valence-corrected chi connectivity index (χ1v) is 1.60. The van der Waals surface area contributed by atoms with Gasteiger partial charge in [-0.25, -0.2) is 19.4 Å². The molecule has 0 aromatic carbocycles. The van der Waals surface area contributed by atoms with Gasteiger partial charge < -0.3 is 15.7 Å². The van der Waals surface area contributed by atoms with Crippen LogP contribution in [0.1, 0.15) is 0 Å². The highest BCUT2D eigenvalue weighted by molar-refractivity contribution is 5.57. The largest absolute Gasteiger partial charge is 0.540 e. The lowest BCUT2D eigenvalue weighted by Gasteiger charge is -1.91. The van der Waals surface area contributed by atoms with Gasteiger partial charge in [-0.2, -0.15) is 0 Å². The van der Waals surface area contributed by atoms with Crippen molar-refractivity contribution >= 4 is 12.3 Å². The lowest BCUT2D eigenvalue weighted by molar-refractivity contribution is -0.456. The normalized spacial score (nSPS) is 7.20. The minimum Gasteiger partial charge on any atom is -0.448 e. The van der Waals surface area contributed by atoms with Gasteiger partial charge in [0, 0.05) is 0 Å². The number of carbonyl (C=O) groups is 2. The second kappa shape index (κ2) is 5.59. The lowest BCUT2D eigenvalue weighted by atomic mass is 11.4. The number of carboxylic acid groups (broad SMARTS) is 2. The Morgan fingerprint density at radius 1 is 1.00 bits per heavy atom. The zero-order valence-corrected chi connectivity index (χ0v) is 4.44. The van der Waals surface area contributed by atoms with Crippen molar-refractivity contribution in [3.8, 4) is 0 Å². The monoisotopic (exact) mass is 156 g/mol. The van der Waals surface area contributed by atoms with Crippen LogP contribution < -0.4 is 0 Å². The summed E-state index contributed by atoms with van der Waals surface area (Å²) in [6.07, 6.45) is -3.59. The molecule has 0 saturated carbocycles. The second-order valence-electron chi connectivity index (χ2n) is 0.767. The summed E-state index contributed by atoms with van der Waals surface area (Å²) in [5.74, 6) is 0. The second-order valence-corrected chi connectivity index (χ2v) is 0.767. The van der Waals surface area contributed by atoms with E-state index in [0.29, 0.717) is 0 Å². The Hall–Kier alpha value is -1.54. The summed E-state index contributed by atoms with van der Waals surface area (Å²) in [6.45, 7) is 0. The van der Waals surface area contributed by atoms with Crippen molar-refractivity contribution in [1.82, 2.24) is 0 Å². The van der Waals surface area contributed by atoms with E-state index >= 15 is 0 Å². The Bertz CT molecular complexity index is 102. The summed E-state index contributed by atoms with van der Waals surface area (Å²) in [6, 6.07) is 0. The van der Waals surface area contributed by atoms with E-state index in [0.717, 1.165) is 0 Å². The molecule has 0 unspecified atom stereocenters. The minimum absolute atomic E-state index is 0. The van der Waals surface area contributed by atoms with Gasteiger partial charge in [-0.15, -0.1) is 0 Å². The fourth-order valence-corrected chi connectivity index (χ4v) is 0.0752. The van der Waals surface area contributed by atoms with E-state index in [-0.39, 0.29) is 5.48 Å². The molecule has 0 rings (SSSR count). The Balaban J connectivity index is 0. The highest BCUT2D eigenvalue weighted by Crippen LogP contribution is 1.81. The van der Waals surface area contributed by atoms with Crippen LogP contribution in [-0.4, -0.2) is 28.0 Å². The Labute approximate surface area is 53.7 Å². The molecule has 0 heterocycles. The molecule has 0 aliphatic heterocycles. The van der Waals surface area contributed by atoms with Crippen LogP contribution in [0.2, 0.25) is 0 Å². The molecule has 0 bridgehead atoms. The molecule has 60 valence electrons. The van der Waals surface area contributed by atoms with Crippen molar-refractivity contribution in [2.75, 3.05) is 0 Å². The van der Waals surface area contributed by atoms with Gasteiger partial charge >= 0.3 is 12.3 Å². The van der Waals surface area contributed by atoms with Crippen LogP contribution in [0.15, 0.2) is 0 Å². The smallest absolute Gasteiger partial charge is 0.448 e. The van der Waals surface area contributed by atoms with E-state index in [4.69, 9.17) is 10.2 Å². The molecular formula is C2H4O8. The van der Waals surface area contributed by atoms with Gasteiger partial charge in [0.1, 0.15) is 0 Å². The number of hydrogen-bond acceptors (Lipinski definition) is 5. The molecule has 0 spiro atoms.